The fraction of sp³-hybridized carbons (Fsp3) is 0.308. The summed E-state index contributed by atoms with van der Waals surface area (Å²) in [6.07, 6.45) is 1.98. The summed E-state index contributed by atoms with van der Waals surface area (Å²) in [5.41, 5.74) is 9.14. The first-order chi connectivity index (χ1) is 8.26. The van der Waals surface area contributed by atoms with E-state index in [1.807, 2.05) is 35.6 Å². The summed E-state index contributed by atoms with van der Waals surface area (Å²) >= 11 is 1.82. The second-order valence-corrected chi connectivity index (χ2v) is 5.10. The van der Waals surface area contributed by atoms with Crippen LogP contribution in [-0.2, 0) is 6.54 Å². The number of aryl methyl sites for hydroxylation is 1. The zero-order chi connectivity index (χ0) is 12.3. The average molecular weight is 247 g/mol. The van der Waals surface area contributed by atoms with Crippen LogP contribution in [0.15, 0.2) is 35.4 Å². The Kier molecular flexibility index (Phi) is 3.86. The number of aromatic nitrogens is 2. The summed E-state index contributed by atoms with van der Waals surface area (Å²) in [5, 5.41) is 4.44. The van der Waals surface area contributed by atoms with Crippen LogP contribution in [0.25, 0.3) is 5.69 Å². The van der Waals surface area contributed by atoms with Crippen LogP contribution in [0.5, 0.6) is 0 Å². The van der Waals surface area contributed by atoms with Crippen molar-refractivity contribution in [3.8, 4) is 5.69 Å². The highest BCUT2D eigenvalue weighted by Crippen LogP contribution is 2.27. The minimum atomic E-state index is 0.539. The summed E-state index contributed by atoms with van der Waals surface area (Å²) in [4.78, 5) is 1.25. The zero-order valence-electron chi connectivity index (χ0n) is 10.2. The van der Waals surface area contributed by atoms with E-state index in [0.29, 0.717) is 6.54 Å². The predicted molar refractivity (Wildman–Crippen MR) is 72.6 cm³/mol. The smallest absolute Gasteiger partial charge is 0.0701 e. The van der Waals surface area contributed by atoms with Crippen LogP contribution in [0, 0.1) is 6.92 Å². The van der Waals surface area contributed by atoms with E-state index in [1.165, 1.54) is 10.5 Å². The van der Waals surface area contributed by atoms with Gasteiger partial charge in [0.05, 0.1) is 11.4 Å². The number of nitrogens with two attached hydrogens (primary N) is 1. The van der Waals surface area contributed by atoms with Gasteiger partial charge in [-0.25, -0.2) is 4.68 Å². The first-order valence-corrected chi connectivity index (χ1v) is 6.72. The highest BCUT2D eigenvalue weighted by Gasteiger charge is 2.09. The van der Waals surface area contributed by atoms with Gasteiger partial charge < -0.3 is 5.73 Å². The van der Waals surface area contributed by atoms with Gasteiger partial charge in [0.15, 0.2) is 0 Å². The van der Waals surface area contributed by atoms with E-state index in [2.05, 4.69) is 30.2 Å². The molecule has 0 aliphatic rings. The third kappa shape index (κ3) is 2.53. The normalized spacial score (nSPS) is 10.8. The molecule has 0 bridgehead atoms. The van der Waals surface area contributed by atoms with Crippen molar-refractivity contribution in [2.75, 3.05) is 5.75 Å². The van der Waals surface area contributed by atoms with Gasteiger partial charge in [0.2, 0.25) is 0 Å². The molecule has 2 rings (SSSR count). The van der Waals surface area contributed by atoms with Crippen molar-refractivity contribution in [1.29, 1.82) is 0 Å². The fourth-order valence-corrected chi connectivity index (χ4v) is 2.66. The molecule has 0 fully saturated rings. The van der Waals surface area contributed by atoms with Crippen molar-refractivity contribution in [2.24, 2.45) is 5.73 Å². The predicted octanol–water partition coefficient (Wildman–Crippen LogP) is 2.75. The Bertz CT molecular complexity index is 505. The summed E-state index contributed by atoms with van der Waals surface area (Å²) in [6, 6.07) is 8.24. The standard InChI is InChI=1S/C13H17N3S/c1-3-17-13-6-4-5-12(11(13)9-14)16-8-7-10(2)15-16/h4-8H,3,9,14H2,1-2H3. The van der Waals surface area contributed by atoms with E-state index >= 15 is 0 Å². The topological polar surface area (TPSA) is 43.8 Å². The zero-order valence-corrected chi connectivity index (χ0v) is 11.0. The third-order valence-electron chi connectivity index (χ3n) is 2.58. The van der Waals surface area contributed by atoms with E-state index in [1.54, 1.807) is 0 Å². The molecule has 0 atom stereocenters. The van der Waals surface area contributed by atoms with Gasteiger partial charge >= 0.3 is 0 Å². The highest BCUT2D eigenvalue weighted by molar-refractivity contribution is 7.99. The van der Waals surface area contributed by atoms with Crippen LogP contribution in [-0.4, -0.2) is 15.5 Å². The number of hydrogen-bond donors (Lipinski definition) is 1. The molecule has 2 N–H and O–H groups in total. The molecule has 0 spiro atoms. The molecule has 0 saturated carbocycles. The lowest BCUT2D eigenvalue weighted by molar-refractivity contribution is 0.835. The Morgan fingerprint density at radius 1 is 1.35 bits per heavy atom. The number of nitrogens with zero attached hydrogens (tertiary/aromatic N) is 2. The van der Waals surface area contributed by atoms with Gasteiger partial charge in [0.1, 0.15) is 0 Å². The van der Waals surface area contributed by atoms with Crippen molar-refractivity contribution < 1.29 is 0 Å². The Labute approximate surface area is 106 Å². The lowest BCUT2D eigenvalue weighted by Crippen LogP contribution is -2.06. The fourth-order valence-electron chi connectivity index (χ4n) is 1.81. The highest BCUT2D eigenvalue weighted by atomic mass is 32.2. The van der Waals surface area contributed by atoms with Crippen LogP contribution in [0.2, 0.25) is 0 Å². The molecule has 2 aromatic rings. The summed E-state index contributed by atoms with van der Waals surface area (Å²) in [7, 11) is 0. The van der Waals surface area contributed by atoms with Gasteiger partial charge in [0.25, 0.3) is 0 Å². The second-order valence-electron chi connectivity index (χ2n) is 3.79. The molecule has 1 heterocycles. The van der Waals surface area contributed by atoms with E-state index in [4.69, 9.17) is 5.73 Å². The summed E-state index contributed by atoms with van der Waals surface area (Å²) in [6.45, 7) is 4.68. The second kappa shape index (κ2) is 5.38. The van der Waals surface area contributed by atoms with E-state index < -0.39 is 0 Å². The first kappa shape index (κ1) is 12.2. The number of hydrogen-bond acceptors (Lipinski definition) is 3. The SMILES string of the molecule is CCSc1cccc(-n2ccc(C)n2)c1CN. The Hall–Kier alpha value is -1.26. The molecular weight excluding hydrogens is 230 g/mol. The van der Waals surface area contributed by atoms with Gasteiger partial charge in [-0.15, -0.1) is 11.8 Å². The molecule has 0 saturated heterocycles. The molecule has 0 aliphatic carbocycles. The maximum absolute atomic E-state index is 5.87. The van der Waals surface area contributed by atoms with Crippen LogP contribution in [0.1, 0.15) is 18.2 Å². The van der Waals surface area contributed by atoms with Gasteiger partial charge in [-0.2, -0.15) is 5.10 Å². The van der Waals surface area contributed by atoms with E-state index in [9.17, 15) is 0 Å². The van der Waals surface area contributed by atoms with Crippen LogP contribution < -0.4 is 5.73 Å². The van der Waals surface area contributed by atoms with Gasteiger partial charge in [-0.05, 0) is 30.9 Å². The van der Waals surface area contributed by atoms with E-state index in [-0.39, 0.29) is 0 Å². The van der Waals surface area contributed by atoms with Crippen molar-refractivity contribution in [3.63, 3.8) is 0 Å². The number of rotatable bonds is 4. The van der Waals surface area contributed by atoms with Gasteiger partial charge in [-0.3, -0.25) is 0 Å². The van der Waals surface area contributed by atoms with Gasteiger partial charge in [-0.1, -0.05) is 13.0 Å². The van der Waals surface area contributed by atoms with Crippen LogP contribution in [0.4, 0.5) is 0 Å². The molecule has 1 aromatic carbocycles. The van der Waals surface area contributed by atoms with Crippen molar-refractivity contribution in [1.82, 2.24) is 9.78 Å². The monoisotopic (exact) mass is 247 g/mol. The average Bonchev–Trinajstić information content (AvgIpc) is 2.76. The number of benzene rings is 1. The molecule has 0 radical (unpaired) electrons. The maximum Gasteiger partial charge on any atom is 0.0701 e. The quantitative estimate of drug-likeness (QED) is 0.845. The van der Waals surface area contributed by atoms with Gasteiger partial charge in [0, 0.05) is 23.2 Å². The molecule has 0 unspecified atom stereocenters. The Morgan fingerprint density at radius 3 is 2.76 bits per heavy atom. The minimum absolute atomic E-state index is 0.539. The minimum Gasteiger partial charge on any atom is -0.326 e. The molecule has 3 nitrogen and oxygen atoms in total. The molecule has 0 amide bonds. The summed E-state index contributed by atoms with van der Waals surface area (Å²) in [5.74, 6) is 1.05. The lowest BCUT2D eigenvalue weighted by Gasteiger charge is -2.12. The van der Waals surface area contributed by atoms with Crippen LogP contribution >= 0.6 is 11.8 Å². The molecule has 17 heavy (non-hydrogen) atoms. The van der Waals surface area contributed by atoms with Crippen molar-refractivity contribution in [3.05, 3.63) is 41.7 Å². The Balaban J connectivity index is 2.49. The first-order valence-electron chi connectivity index (χ1n) is 5.73. The molecule has 1 aromatic heterocycles. The summed E-state index contributed by atoms with van der Waals surface area (Å²) < 4.78 is 1.90. The maximum atomic E-state index is 5.87. The molecular formula is C13H17N3S. The number of thioether (sulfide) groups is 1. The lowest BCUT2D eigenvalue weighted by atomic mass is 10.2. The largest absolute Gasteiger partial charge is 0.326 e. The molecule has 90 valence electrons. The van der Waals surface area contributed by atoms with Crippen molar-refractivity contribution in [2.45, 2.75) is 25.3 Å². The Morgan fingerprint density at radius 2 is 2.18 bits per heavy atom. The van der Waals surface area contributed by atoms with E-state index in [0.717, 1.165) is 17.1 Å². The molecule has 4 heteroatoms. The van der Waals surface area contributed by atoms with Crippen LogP contribution in [0.3, 0.4) is 0 Å². The van der Waals surface area contributed by atoms with Crippen molar-refractivity contribution >= 4 is 11.8 Å². The molecule has 0 aliphatic heterocycles. The third-order valence-corrected chi connectivity index (χ3v) is 3.56.